The Morgan fingerprint density at radius 3 is 2.55 bits per heavy atom. The molecule has 3 aromatic rings. The van der Waals surface area contributed by atoms with Gasteiger partial charge in [-0.2, -0.15) is 0 Å². The van der Waals surface area contributed by atoms with Crippen molar-refractivity contribution in [3.63, 3.8) is 0 Å². The summed E-state index contributed by atoms with van der Waals surface area (Å²) in [6, 6.07) is 14.7. The highest BCUT2D eigenvalue weighted by Gasteiger charge is 2.26. The van der Waals surface area contributed by atoms with Crippen molar-refractivity contribution in [3.05, 3.63) is 89.0 Å². The first kappa shape index (κ1) is 27.3. The topological polar surface area (TPSA) is 105 Å². The van der Waals surface area contributed by atoms with Crippen LogP contribution >= 0.6 is 0 Å². The lowest BCUT2D eigenvalue weighted by Crippen LogP contribution is -2.42. The van der Waals surface area contributed by atoms with Crippen LogP contribution in [0, 0.1) is 5.82 Å². The molecule has 1 fully saturated rings. The second-order valence-electron chi connectivity index (χ2n) is 11.3. The van der Waals surface area contributed by atoms with Crippen LogP contribution in [0.5, 0.6) is 0 Å². The highest BCUT2D eigenvalue weighted by Crippen LogP contribution is 2.33. The summed E-state index contributed by atoms with van der Waals surface area (Å²) in [4.78, 5) is 33.6. The van der Waals surface area contributed by atoms with Gasteiger partial charge in [0.05, 0.1) is 6.20 Å². The lowest BCUT2D eigenvalue weighted by atomic mass is 9.91. The van der Waals surface area contributed by atoms with E-state index in [0.29, 0.717) is 29.3 Å². The summed E-state index contributed by atoms with van der Waals surface area (Å²) in [6.45, 7) is 5.38. The van der Waals surface area contributed by atoms with Gasteiger partial charge < -0.3 is 15.4 Å². The van der Waals surface area contributed by atoms with Gasteiger partial charge in [0.2, 0.25) is 5.95 Å². The largest absolute Gasteiger partial charge is 0.444 e. The van der Waals surface area contributed by atoms with Gasteiger partial charge in [0.25, 0.3) is 5.91 Å². The Balaban J connectivity index is 1.18. The number of anilines is 2. The number of halogens is 1. The van der Waals surface area contributed by atoms with E-state index in [9.17, 15) is 14.0 Å². The number of allylic oxidation sites excluding steroid dienone is 1. The lowest BCUT2D eigenvalue weighted by molar-refractivity contribution is 0.0635. The first-order valence-corrected chi connectivity index (χ1v) is 13.6. The van der Waals surface area contributed by atoms with E-state index in [1.807, 2.05) is 30.3 Å². The Bertz CT molecular complexity index is 1430. The quantitative estimate of drug-likeness (QED) is 0.347. The number of nitrogens with zero attached hydrogens (tertiary/aromatic N) is 2. The number of ether oxygens (including phenoxy) is 1. The number of hydrogen-bond donors (Lipinski definition) is 3. The Morgan fingerprint density at radius 2 is 1.77 bits per heavy atom. The molecule has 9 heteroatoms. The van der Waals surface area contributed by atoms with Gasteiger partial charge in [-0.1, -0.05) is 30.3 Å². The van der Waals surface area contributed by atoms with Crippen LogP contribution in [0.1, 0.15) is 73.6 Å². The maximum absolute atomic E-state index is 14.7. The Labute approximate surface area is 233 Å². The van der Waals surface area contributed by atoms with Crippen molar-refractivity contribution in [2.45, 2.75) is 70.6 Å². The summed E-state index contributed by atoms with van der Waals surface area (Å²) in [5, 5.41) is 9.14. The van der Waals surface area contributed by atoms with Crippen LogP contribution < -0.4 is 16.0 Å². The van der Waals surface area contributed by atoms with Crippen LogP contribution in [0.2, 0.25) is 0 Å². The van der Waals surface area contributed by atoms with Crippen LogP contribution in [0.25, 0.3) is 5.57 Å². The highest BCUT2D eigenvalue weighted by atomic mass is 19.1. The third-order valence-electron chi connectivity index (χ3n) is 6.97. The zero-order valence-electron chi connectivity index (χ0n) is 23.0. The zero-order chi connectivity index (χ0) is 28.3. The Hall–Kier alpha value is -4.27. The van der Waals surface area contributed by atoms with Crippen LogP contribution in [0.15, 0.2) is 60.8 Å². The van der Waals surface area contributed by atoms with Crippen LogP contribution in [0.3, 0.4) is 0 Å². The summed E-state index contributed by atoms with van der Waals surface area (Å²) < 4.78 is 20.0. The van der Waals surface area contributed by atoms with Gasteiger partial charge in [-0.25, -0.2) is 19.2 Å². The van der Waals surface area contributed by atoms with E-state index in [2.05, 4.69) is 25.9 Å². The fourth-order valence-electron chi connectivity index (χ4n) is 5.16. The second kappa shape index (κ2) is 11.5. The van der Waals surface area contributed by atoms with E-state index in [4.69, 9.17) is 4.74 Å². The second-order valence-corrected chi connectivity index (χ2v) is 11.3. The number of hydrogen-bond acceptors (Lipinski definition) is 6. The molecule has 208 valence electrons. The van der Waals surface area contributed by atoms with E-state index >= 15 is 0 Å². The molecular formula is C31H34FN5O3. The van der Waals surface area contributed by atoms with E-state index in [1.165, 1.54) is 6.20 Å². The maximum Gasteiger partial charge on any atom is 0.412 e. The SMILES string of the molecule is CC(C)(C)OC(=O)Nc1ccc(C(=O)N[C@H]2CCC[C@@H](Nc3ncc(F)c(C4=CCc5ccccc54)n3)C2)cc1. The number of benzene rings is 2. The summed E-state index contributed by atoms with van der Waals surface area (Å²) in [5.74, 6) is -0.247. The van der Waals surface area contributed by atoms with Gasteiger partial charge in [-0.05, 0) is 88.3 Å². The Morgan fingerprint density at radius 1 is 1.02 bits per heavy atom. The third-order valence-corrected chi connectivity index (χ3v) is 6.97. The van der Waals surface area contributed by atoms with Gasteiger partial charge in [0.1, 0.15) is 11.3 Å². The molecule has 0 aliphatic heterocycles. The van der Waals surface area contributed by atoms with E-state index in [1.54, 1.807) is 45.0 Å². The third kappa shape index (κ3) is 6.65. The number of rotatable bonds is 6. The van der Waals surface area contributed by atoms with Crippen molar-refractivity contribution in [3.8, 4) is 0 Å². The monoisotopic (exact) mass is 543 g/mol. The van der Waals surface area contributed by atoms with Gasteiger partial charge in [-0.3, -0.25) is 10.1 Å². The van der Waals surface area contributed by atoms with Gasteiger partial charge in [-0.15, -0.1) is 0 Å². The summed E-state index contributed by atoms with van der Waals surface area (Å²) in [6.07, 6.45) is 6.82. The fourth-order valence-corrected chi connectivity index (χ4v) is 5.16. The summed E-state index contributed by atoms with van der Waals surface area (Å²) in [7, 11) is 0. The molecule has 2 aromatic carbocycles. The molecule has 1 aromatic heterocycles. The molecule has 0 spiro atoms. The number of carbonyl (C=O) groups is 2. The number of carbonyl (C=O) groups excluding carboxylic acids is 2. The predicted octanol–water partition coefficient (Wildman–Crippen LogP) is 6.10. The molecule has 0 saturated heterocycles. The van der Waals surface area contributed by atoms with Crippen molar-refractivity contribution in [1.29, 1.82) is 0 Å². The molecule has 2 aliphatic carbocycles. The molecule has 1 heterocycles. The minimum absolute atomic E-state index is 0.0253. The smallest absolute Gasteiger partial charge is 0.412 e. The lowest BCUT2D eigenvalue weighted by Gasteiger charge is -2.30. The van der Waals surface area contributed by atoms with Crippen LogP contribution in [0.4, 0.5) is 20.8 Å². The summed E-state index contributed by atoms with van der Waals surface area (Å²) in [5.41, 5.74) is 3.70. The van der Waals surface area contributed by atoms with Crippen molar-refractivity contribution < 1.29 is 18.7 Å². The van der Waals surface area contributed by atoms with Crippen molar-refractivity contribution in [1.82, 2.24) is 15.3 Å². The van der Waals surface area contributed by atoms with Gasteiger partial charge >= 0.3 is 6.09 Å². The standard InChI is InChI=1S/C31H34FN5O3/c1-31(2,3)40-30(39)36-21-14-11-20(12-15-21)28(38)34-22-8-6-9-23(17-22)35-29-33-18-26(32)27(37-29)25-16-13-19-7-4-5-10-24(19)25/h4-5,7,10-12,14-16,18,22-23H,6,8-9,13,17H2,1-3H3,(H,34,38)(H,36,39)(H,33,35,37)/t22-,23+/m0/s1. The first-order valence-electron chi connectivity index (χ1n) is 13.6. The zero-order valence-corrected chi connectivity index (χ0v) is 23.0. The minimum Gasteiger partial charge on any atom is -0.444 e. The number of fused-ring (bicyclic) bond motifs is 1. The van der Waals surface area contributed by atoms with E-state index < -0.39 is 17.5 Å². The molecular weight excluding hydrogens is 509 g/mol. The molecule has 2 aliphatic rings. The minimum atomic E-state index is -0.596. The van der Waals surface area contributed by atoms with E-state index in [0.717, 1.165) is 42.4 Å². The first-order chi connectivity index (χ1) is 19.1. The average Bonchev–Trinajstić information content (AvgIpc) is 3.33. The number of amides is 2. The number of aromatic nitrogens is 2. The van der Waals surface area contributed by atoms with Gasteiger partial charge in [0, 0.05) is 28.9 Å². The highest BCUT2D eigenvalue weighted by molar-refractivity contribution is 5.95. The maximum atomic E-state index is 14.7. The van der Waals surface area contributed by atoms with Crippen LogP contribution in [-0.4, -0.2) is 39.7 Å². The van der Waals surface area contributed by atoms with Gasteiger partial charge in [0.15, 0.2) is 5.82 Å². The predicted molar refractivity (Wildman–Crippen MR) is 153 cm³/mol. The molecule has 0 unspecified atom stereocenters. The Kier molecular flexibility index (Phi) is 7.82. The molecule has 3 N–H and O–H groups in total. The molecule has 40 heavy (non-hydrogen) atoms. The molecule has 2 atom stereocenters. The normalized spacial score (nSPS) is 18.4. The molecule has 0 bridgehead atoms. The molecule has 2 amide bonds. The van der Waals surface area contributed by atoms with E-state index in [-0.39, 0.29) is 18.0 Å². The van der Waals surface area contributed by atoms with Crippen molar-refractivity contribution in [2.75, 3.05) is 10.6 Å². The van der Waals surface area contributed by atoms with Crippen LogP contribution in [-0.2, 0) is 11.2 Å². The fraction of sp³-hybridized carbons (Fsp3) is 0.355. The molecule has 5 rings (SSSR count). The molecule has 0 radical (unpaired) electrons. The average molecular weight is 544 g/mol. The van der Waals surface area contributed by atoms with Crippen molar-refractivity contribution >= 4 is 29.2 Å². The molecule has 1 saturated carbocycles. The summed E-state index contributed by atoms with van der Waals surface area (Å²) >= 11 is 0. The number of nitrogens with one attached hydrogen (secondary N) is 3. The van der Waals surface area contributed by atoms with Crippen molar-refractivity contribution in [2.24, 2.45) is 0 Å². The molecule has 8 nitrogen and oxygen atoms in total.